The van der Waals surface area contributed by atoms with Gasteiger partial charge in [-0.15, -0.1) is 0 Å². The van der Waals surface area contributed by atoms with Crippen LogP contribution in [0.25, 0.3) is 6.08 Å². The van der Waals surface area contributed by atoms with Gasteiger partial charge in [-0.3, -0.25) is 0 Å². The monoisotopic (exact) mass is 207 g/mol. The van der Waals surface area contributed by atoms with Gasteiger partial charge in [0.05, 0.1) is 13.7 Å². The Morgan fingerprint density at radius 2 is 2.07 bits per heavy atom. The molecular weight excluding hydrogens is 190 g/mol. The van der Waals surface area contributed by atoms with E-state index in [1.165, 1.54) is 0 Å². The molecule has 3 heteroatoms. The number of ether oxygens (including phenoxy) is 2. The highest BCUT2D eigenvalue weighted by atomic mass is 16.5. The minimum Gasteiger partial charge on any atom is -0.497 e. The summed E-state index contributed by atoms with van der Waals surface area (Å²) >= 11 is 0. The van der Waals surface area contributed by atoms with Gasteiger partial charge >= 0.3 is 0 Å². The van der Waals surface area contributed by atoms with Crippen molar-refractivity contribution in [2.24, 2.45) is 5.73 Å². The standard InChI is InChI=1S/C12H17NO2/c1-14-9-11-6-10(4-3-5-13)7-12(8-11)15-2/h3-4,6-8H,5,9,13H2,1-2H3/b4-3+. The fourth-order valence-corrected chi connectivity index (χ4v) is 1.35. The molecule has 15 heavy (non-hydrogen) atoms. The smallest absolute Gasteiger partial charge is 0.119 e. The van der Waals surface area contributed by atoms with Crippen LogP contribution in [0.4, 0.5) is 0 Å². The van der Waals surface area contributed by atoms with Gasteiger partial charge in [-0.25, -0.2) is 0 Å². The molecule has 0 saturated carbocycles. The molecule has 1 rings (SSSR count). The van der Waals surface area contributed by atoms with E-state index < -0.39 is 0 Å². The summed E-state index contributed by atoms with van der Waals surface area (Å²) in [5.41, 5.74) is 7.57. The van der Waals surface area contributed by atoms with Crippen LogP contribution in [-0.2, 0) is 11.3 Å². The molecule has 0 radical (unpaired) electrons. The average molecular weight is 207 g/mol. The number of rotatable bonds is 5. The quantitative estimate of drug-likeness (QED) is 0.801. The van der Waals surface area contributed by atoms with Crippen molar-refractivity contribution in [2.45, 2.75) is 6.61 Å². The van der Waals surface area contributed by atoms with Crippen molar-refractivity contribution in [3.63, 3.8) is 0 Å². The van der Waals surface area contributed by atoms with Gasteiger partial charge in [0.15, 0.2) is 0 Å². The highest BCUT2D eigenvalue weighted by Gasteiger charge is 1.99. The van der Waals surface area contributed by atoms with Crippen LogP contribution >= 0.6 is 0 Å². The normalized spacial score (nSPS) is 10.9. The van der Waals surface area contributed by atoms with Crippen molar-refractivity contribution in [1.29, 1.82) is 0 Å². The maximum Gasteiger partial charge on any atom is 0.119 e. The number of methoxy groups -OCH3 is 2. The van der Waals surface area contributed by atoms with Crippen LogP contribution < -0.4 is 10.5 Å². The lowest BCUT2D eigenvalue weighted by molar-refractivity contribution is 0.184. The molecule has 0 aliphatic carbocycles. The zero-order chi connectivity index (χ0) is 11.1. The molecule has 0 amide bonds. The molecule has 0 atom stereocenters. The van der Waals surface area contributed by atoms with Crippen LogP contribution in [0.15, 0.2) is 24.3 Å². The summed E-state index contributed by atoms with van der Waals surface area (Å²) in [4.78, 5) is 0. The number of hydrogen-bond acceptors (Lipinski definition) is 3. The Hall–Kier alpha value is -1.32. The average Bonchev–Trinajstić information content (AvgIpc) is 2.26. The number of hydrogen-bond donors (Lipinski definition) is 1. The van der Waals surface area contributed by atoms with E-state index >= 15 is 0 Å². The molecule has 0 fully saturated rings. The molecule has 0 aliphatic heterocycles. The summed E-state index contributed by atoms with van der Waals surface area (Å²) < 4.78 is 10.3. The lowest BCUT2D eigenvalue weighted by atomic mass is 10.1. The summed E-state index contributed by atoms with van der Waals surface area (Å²) in [5, 5.41) is 0. The van der Waals surface area contributed by atoms with Crippen molar-refractivity contribution in [1.82, 2.24) is 0 Å². The minimum atomic E-state index is 0.539. The van der Waals surface area contributed by atoms with E-state index in [0.29, 0.717) is 13.2 Å². The van der Waals surface area contributed by atoms with E-state index in [4.69, 9.17) is 15.2 Å². The van der Waals surface area contributed by atoms with Crippen LogP contribution in [0.5, 0.6) is 5.75 Å². The highest BCUT2D eigenvalue weighted by Crippen LogP contribution is 2.18. The van der Waals surface area contributed by atoms with Gasteiger partial charge in [-0.2, -0.15) is 0 Å². The SMILES string of the molecule is COCc1cc(/C=C/CN)cc(OC)c1. The van der Waals surface area contributed by atoms with E-state index in [2.05, 4.69) is 6.07 Å². The largest absolute Gasteiger partial charge is 0.497 e. The van der Waals surface area contributed by atoms with Crippen molar-refractivity contribution >= 4 is 6.08 Å². The Morgan fingerprint density at radius 1 is 1.27 bits per heavy atom. The Kier molecular flexibility index (Phi) is 4.87. The summed E-state index contributed by atoms with van der Waals surface area (Å²) in [6.45, 7) is 1.12. The molecule has 82 valence electrons. The van der Waals surface area contributed by atoms with Crippen LogP contribution in [0.2, 0.25) is 0 Å². The molecule has 0 saturated heterocycles. The predicted molar refractivity (Wildman–Crippen MR) is 61.8 cm³/mol. The van der Waals surface area contributed by atoms with Gasteiger partial charge in [0.25, 0.3) is 0 Å². The summed E-state index contributed by atoms with van der Waals surface area (Å²) in [6, 6.07) is 5.98. The zero-order valence-corrected chi connectivity index (χ0v) is 9.19. The van der Waals surface area contributed by atoms with E-state index in [9.17, 15) is 0 Å². The molecule has 0 heterocycles. The first-order valence-electron chi connectivity index (χ1n) is 4.83. The summed E-state index contributed by atoms with van der Waals surface area (Å²) in [5.74, 6) is 0.834. The summed E-state index contributed by atoms with van der Waals surface area (Å²) in [7, 11) is 3.33. The number of nitrogens with two attached hydrogens (primary N) is 1. The van der Waals surface area contributed by atoms with Gasteiger partial charge in [0, 0.05) is 13.7 Å². The van der Waals surface area contributed by atoms with Crippen LogP contribution in [0.1, 0.15) is 11.1 Å². The van der Waals surface area contributed by atoms with Crippen LogP contribution in [0.3, 0.4) is 0 Å². The topological polar surface area (TPSA) is 44.5 Å². The Balaban J connectivity index is 2.94. The van der Waals surface area contributed by atoms with Gasteiger partial charge in [-0.1, -0.05) is 12.2 Å². The molecule has 0 aliphatic rings. The van der Waals surface area contributed by atoms with Gasteiger partial charge in [-0.05, 0) is 29.3 Å². The molecule has 1 aromatic rings. The molecule has 2 N–H and O–H groups in total. The Labute approximate surface area is 90.5 Å². The third-order valence-corrected chi connectivity index (χ3v) is 1.98. The fourth-order valence-electron chi connectivity index (χ4n) is 1.35. The summed E-state index contributed by atoms with van der Waals surface area (Å²) in [6.07, 6.45) is 3.88. The van der Waals surface area contributed by atoms with E-state index in [0.717, 1.165) is 16.9 Å². The molecule has 0 unspecified atom stereocenters. The van der Waals surface area contributed by atoms with Gasteiger partial charge in [0.2, 0.25) is 0 Å². The molecule has 0 aromatic heterocycles. The first-order valence-corrected chi connectivity index (χ1v) is 4.83. The fraction of sp³-hybridized carbons (Fsp3) is 0.333. The predicted octanol–water partition coefficient (Wildman–Crippen LogP) is 1.81. The Bertz CT molecular complexity index is 334. The molecule has 0 spiro atoms. The molecule has 1 aromatic carbocycles. The number of benzene rings is 1. The highest BCUT2D eigenvalue weighted by molar-refractivity contribution is 5.53. The Morgan fingerprint density at radius 3 is 2.67 bits per heavy atom. The van der Waals surface area contributed by atoms with E-state index in [1.54, 1.807) is 14.2 Å². The molecule has 0 bridgehead atoms. The van der Waals surface area contributed by atoms with Crippen LogP contribution in [0, 0.1) is 0 Å². The van der Waals surface area contributed by atoms with E-state index in [-0.39, 0.29) is 0 Å². The molecule has 3 nitrogen and oxygen atoms in total. The first kappa shape index (κ1) is 11.8. The minimum absolute atomic E-state index is 0.539. The van der Waals surface area contributed by atoms with E-state index in [1.807, 2.05) is 24.3 Å². The van der Waals surface area contributed by atoms with Crippen molar-refractivity contribution in [2.75, 3.05) is 20.8 Å². The third kappa shape index (κ3) is 3.73. The first-order chi connectivity index (χ1) is 7.30. The lowest BCUT2D eigenvalue weighted by Crippen LogP contribution is -1.93. The molecular formula is C12H17NO2. The second-order valence-electron chi connectivity index (χ2n) is 3.19. The van der Waals surface area contributed by atoms with Crippen molar-refractivity contribution < 1.29 is 9.47 Å². The van der Waals surface area contributed by atoms with Gasteiger partial charge in [0.1, 0.15) is 5.75 Å². The maximum atomic E-state index is 5.40. The van der Waals surface area contributed by atoms with Crippen molar-refractivity contribution in [3.8, 4) is 5.75 Å². The second kappa shape index (κ2) is 6.22. The second-order valence-corrected chi connectivity index (χ2v) is 3.19. The van der Waals surface area contributed by atoms with Crippen LogP contribution in [-0.4, -0.2) is 20.8 Å². The zero-order valence-electron chi connectivity index (χ0n) is 9.19. The lowest BCUT2D eigenvalue weighted by Gasteiger charge is -2.06. The third-order valence-electron chi connectivity index (χ3n) is 1.98. The maximum absolute atomic E-state index is 5.40. The van der Waals surface area contributed by atoms with Crippen molar-refractivity contribution in [3.05, 3.63) is 35.4 Å². The van der Waals surface area contributed by atoms with Gasteiger partial charge < -0.3 is 15.2 Å².